The molecule has 0 aliphatic carbocycles. The first-order valence-corrected chi connectivity index (χ1v) is 14.3. The van der Waals surface area contributed by atoms with Crippen LogP contribution in [0, 0.1) is 5.82 Å². The largest absolute Gasteiger partial charge is 0.478 e. The van der Waals surface area contributed by atoms with E-state index in [4.69, 9.17) is 35.5 Å². The highest BCUT2D eigenvalue weighted by Gasteiger charge is 2.42. The summed E-state index contributed by atoms with van der Waals surface area (Å²) in [7, 11) is 0. The van der Waals surface area contributed by atoms with E-state index in [-0.39, 0.29) is 23.3 Å². The summed E-state index contributed by atoms with van der Waals surface area (Å²) in [6.07, 6.45) is 4.27. The van der Waals surface area contributed by atoms with Gasteiger partial charge in [0.1, 0.15) is 11.6 Å². The molecule has 0 saturated carbocycles. The van der Waals surface area contributed by atoms with Crippen molar-refractivity contribution < 1.29 is 33.2 Å². The molecule has 1 aromatic heterocycles. The maximum absolute atomic E-state index is 14.8. The predicted octanol–water partition coefficient (Wildman–Crippen LogP) is 6.38. The van der Waals surface area contributed by atoms with Gasteiger partial charge in [0.15, 0.2) is 11.5 Å². The van der Waals surface area contributed by atoms with Crippen LogP contribution in [0.2, 0.25) is 5.02 Å². The van der Waals surface area contributed by atoms with Gasteiger partial charge < -0.3 is 28.6 Å². The van der Waals surface area contributed by atoms with Gasteiger partial charge in [0.2, 0.25) is 0 Å². The fourth-order valence-corrected chi connectivity index (χ4v) is 5.95. The van der Waals surface area contributed by atoms with Crippen LogP contribution in [-0.2, 0) is 28.2 Å². The van der Waals surface area contributed by atoms with Crippen LogP contribution in [0.1, 0.15) is 47.1 Å². The quantitative estimate of drug-likeness (QED) is 0.267. The van der Waals surface area contributed by atoms with Gasteiger partial charge in [-0.25, -0.2) is 14.2 Å². The zero-order chi connectivity index (χ0) is 29.0. The minimum absolute atomic E-state index is 0.0860. The average molecular weight is 591 g/mol. The van der Waals surface area contributed by atoms with Crippen molar-refractivity contribution in [3.63, 3.8) is 0 Å². The number of aromatic nitrogens is 2. The first-order chi connectivity index (χ1) is 20.3. The van der Waals surface area contributed by atoms with Gasteiger partial charge in [0.25, 0.3) is 5.79 Å². The summed E-state index contributed by atoms with van der Waals surface area (Å²) in [6, 6.07) is 15.1. The van der Waals surface area contributed by atoms with Gasteiger partial charge in [0.05, 0.1) is 47.5 Å². The Labute approximate surface area is 246 Å². The third-order valence-electron chi connectivity index (χ3n) is 8.11. The third kappa shape index (κ3) is 4.81. The van der Waals surface area contributed by atoms with Crippen LogP contribution >= 0.6 is 11.6 Å². The second-order valence-corrected chi connectivity index (χ2v) is 11.4. The highest BCUT2D eigenvalue weighted by atomic mass is 35.5. The van der Waals surface area contributed by atoms with Crippen molar-refractivity contribution in [2.24, 2.45) is 0 Å². The fourth-order valence-electron chi connectivity index (χ4n) is 5.79. The molecule has 216 valence electrons. The Morgan fingerprint density at radius 2 is 2.00 bits per heavy atom. The number of nitrogens with zero attached hydrogens (tertiary/aromatic N) is 2. The summed E-state index contributed by atoms with van der Waals surface area (Å²) in [5.74, 6) is -0.909. The molecule has 0 bridgehead atoms. The van der Waals surface area contributed by atoms with E-state index < -0.39 is 17.6 Å². The summed E-state index contributed by atoms with van der Waals surface area (Å²) in [4.78, 5) is 16.4. The number of rotatable bonds is 7. The molecule has 0 unspecified atom stereocenters. The van der Waals surface area contributed by atoms with Gasteiger partial charge >= 0.3 is 5.97 Å². The maximum Gasteiger partial charge on any atom is 0.335 e. The number of imidazole rings is 1. The summed E-state index contributed by atoms with van der Waals surface area (Å²) in [5, 5.41) is 9.81. The van der Waals surface area contributed by atoms with Gasteiger partial charge in [0, 0.05) is 30.5 Å². The second-order valence-electron chi connectivity index (χ2n) is 10.9. The fraction of sp³-hybridized carbons (Fsp3) is 0.312. The smallest absolute Gasteiger partial charge is 0.335 e. The van der Waals surface area contributed by atoms with Crippen LogP contribution in [0.4, 0.5) is 4.39 Å². The summed E-state index contributed by atoms with van der Waals surface area (Å²) in [5.41, 5.74) is 3.80. The Balaban J connectivity index is 1.12. The lowest BCUT2D eigenvalue weighted by molar-refractivity contribution is -0.0708. The molecular formula is C32H28ClFN2O6. The number of fused-ring (bicyclic) bond motifs is 2. The summed E-state index contributed by atoms with van der Waals surface area (Å²) < 4.78 is 41.2. The number of para-hydroxylation sites is 1. The Morgan fingerprint density at radius 1 is 1.14 bits per heavy atom. The Morgan fingerprint density at radius 3 is 2.71 bits per heavy atom. The van der Waals surface area contributed by atoms with Gasteiger partial charge in [-0.15, -0.1) is 0 Å². The van der Waals surface area contributed by atoms with Crippen LogP contribution in [0.5, 0.6) is 11.5 Å². The van der Waals surface area contributed by atoms with E-state index in [1.54, 1.807) is 43.3 Å². The van der Waals surface area contributed by atoms with E-state index in [0.717, 1.165) is 41.0 Å². The molecule has 1 saturated heterocycles. The van der Waals surface area contributed by atoms with Crippen molar-refractivity contribution in [3.8, 4) is 11.5 Å². The molecule has 7 rings (SSSR count). The van der Waals surface area contributed by atoms with Crippen molar-refractivity contribution in [3.05, 3.63) is 94.0 Å². The molecule has 3 aliphatic rings. The van der Waals surface area contributed by atoms with E-state index in [0.29, 0.717) is 42.5 Å². The molecule has 0 radical (unpaired) electrons. The normalized spacial score (nSPS) is 23.1. The average Bonchev–Trinajstić information content (AvgIpc) is 3.47. The summed E-state index contributed by atoms with van der Waals surface area (Å²) >= 11 is 5.95. The van der Waals surface area contributed by atoms with Crippen molar-refractivity contribution >= 4 is 34.2 Å². The minimum atomic E-state index is -1.34. The second kappa shape index (κ2) is 10.4. The third-order valence-corrected chi connectivity index (χ3v) is 8.35. The molecule has 4 heterocycles. The lowest BCUT2D eigenvalue weighted by Gasteiger charge is -2.28. The van der Waals surface area contributed by atoms with E-state index in [9.17, 15) is 14.3 Å². The standard InChI is InChI=1S/C32H28ClFN2O6/c1-32(24-9-7-20(33)14-25(24)34)41-28-4-2-3-23(30(28)42-32)19-5-8-21(40-17-19)15-29-35-26-10-6-18(31(37)38)13-27(26)36(29)16-22-11-12-39-22/h2-7,9-10,13-14,21-22H,8,11-12,15-17H2,1H3,(H,37,38)/t21-,22+,32+/m1/s1. The van der Waals surface area contributed by atoms with Gasteiger partial charge in [-0.2, -0.15) is 0 Å². The molecular weight excluding hydrogens is 563 g/mol. The Bertz CT molecular complexity index is 1750. The number of aromatic carboxylic acids is 1. The maximum atomic E-state index is 14.8. The monoisotopic (exact) mass is 590 g/mol. The molecule has 10 heteroatoms. The molecule has 1 fully saturated rings. The van der Waals surface area contributed by atoms with Gasteiger partial charge in [-0.05, 0) is 60.9 Å². The topological polar surface area (TPSA) is 92.0 Å². The molecule has 42 heavy (non-hydrogen) atoms. The Hall–Kier alpha value is -3.92. The molecule has 4 aromatic rings. The highest BCUT2D eigenvalue weighted by Crippen LogP contribution is 2.48. The van der Waals surface area contributed by atoms with Crippen molar-refractivity contribution in [1.29, 1.82) is 0 Å². The van der Waals surface area contributed by atoms with E-state index >= 15 is 0 Å². The van der Waals surface area contributed by atoms with Crippen molar-refractivity contribution in [2.75, 3.05) is 13.2 Å². The first kappa shape index (κ1) is 26.9. The molecule has 1 N–H and O–H groups in total. The van der Waals surface area contributed by atoms with Crippen LogP contribution in [-0.4, -0.2) is 46.0 Å². The predicted molar refractivity (Wildman–Crippen MR) is 154 cm³/mol. The zero-order valence-electron chi connectivity index (χ0n) is 22.8. The molecule has 0 spiro atoms. The molecule has 3 aliphatic heterocycles. The lowest BCUT2D eigenvalue weighted by Crippen LogP contribution is -2.32. The number of hydrogen-bond acceptors (Lipinski definition) is 6. The van der Waals surface area contributed by atoms with E-state index in [1.807, 2.05) is 12.1 Å². The lowest BCUT2D eigenvalue weighted by atomic mass is 9.99. The molecule has 3 aromatic carbocycles. The Kier molecular flexibility index (Phi) is 6.68. The van der Waals surface area contributed by atoms with E-state index in [1.165, 1.54) is 6.07 Å². The highest BCUT2D eigenvalue weighted by molar-refractivity contribution is 6.30. The molecule has 0 amide bonds. The minimum Gasteiger partial charge on any atom is -0.478 e. The van der Waals surface area contributed by atoms with Gasteiger partial charge in [-0.3, -0.25) is 0 Å². The van der Waals surface area contributed by atoms with Gasteiger partial charge in [-0.1, -0.05) is 29.8 Å². The number of hydrogen-bond donors (Lipinski definition) is 1. The van der Waals surface area contributed by atoms with Crippen LogP contribution < -0.4 is 9.47 Å². The number of benzene rings is 3. The first-order valence-electron chi connectivity index (χ1n) is 13.9. The number of ether oxygens (including phenoxy) is 4. The van der Waals surface area contributed by atoms with Crippen molar-refractivity contribution in [1.82, 2.24) is 9.55 Å². The van der Waals surface area contributed by atoms with Crippen LogP contribution in [0.3, 0.4) is 0 Å². The summed E-state index contributed by atoms with van der Waals surface area (Å²) in [6.45, 7) is 3.39. The number of carboxylic acids is 1. The number of carboxylic acid groups (broad SMARTS) is 1. The number of halogens is 2. The van der Waals surface area contributed by atoms with Crippen LogP contribution in [0.15, 0.2) is 60.7 Å². The van der Waals surface area contributed by atoms with Crippen molar-refractivity contribution in [2.45, 2.75) is 50.7 Å². The van der Waals surface area contributed by atoms with E-state index in [2.05, 4.69) is 10.6 Å². The van der Waals surface area contributed by atoms with Crippen LogP contribution in [0.25, 0.3) is 16.6 Å². The number of carbonyl (C=O) groups is 1. The molecule has 8 nitrogen and oxygen atoms in total. The molecule has 3 atom stereocenters. The zero-order valence-corrected chi connectivity index (χ0v) is 23.6. The SMILES string of the molecule is C[C@]1(c2ccc(Cl)cc2F)Oc2cccc(C3=CC[C@H](Cc4nc5ccc(C(=O)O)cc5n4C[C@@H]4CCO4)OC3)c2O1.